The van der Waals surface area contributed by atoms with E-state index in [0.717, 1.165) is 12.8 Å². The number of nitrogens with one attached hydrogen (secondary N) is 1. The van der Waals surface area contributed by atoms with E-state index in [1.54, 1.807) is 0 Å². The molecule has 1 fully saturated rings. The van der Waals surface area contributed by atoms with Gasteiger partial charge in [-0.05, 0) is 54.4 Å². The summed E-state index contributed by atoms with van der Waals surface area (Å²) < 4.78 is 0. The van der Waals surface area contributed by atoms with Gasteiger partial charge in [0.15, 0.2) is 5.78 Å². The Bertz CT molecular complexity index is 400. The van der Waals surface area contributed by atoms with Crippen molar-refractivity contribution in [2.75, 3.05) is 0 Å². The Morgan fingerprint density at radius 3 is 2.05 bits per heavy atom. The molecule has 0 bridgehead atoms. The Kier molecular flexibility index (Phi) is 4.56. The zero-order chi connectivity index (χ0) is 14.8. The number of ketones is 1. The van der Waals surface area contributed by atoms with Crippen LogP contribution in [0.5, 0.6) is 0 Å². The predicted octanol–water partition coefficient (Wildman–Crippen LogP) is 2.79. The molecule has 1 aliphatic heterocycles. The third-order valence-corrected chi connectivity index (χ3v) is 3.35. The number of aliphatic hydroxyl groups excluding tert-OH is 1. The molecule has 4 nitrogen and oxygen atoms in total. The average Bonchev–Trinajstić information content (AvgIpc) is 2.10. The lowest BCUT2D eigenvalue weighted by Gasteiger charge is -2.45. The fourth-order valence-corrected chi connectivity index (χ4v) is 2.99. The van der Waals surface area contributed by atoms with Crippen molar-refractivity contribution >= 4 is 12.0 Å². The minimum Gasteiger partial charge on any atom is -0.512 e. The summed E-state index contributed by atoms with van der Waals surface area (Å²) in [6.45, 7) is 11.6. The van der Waals surface area contributed by atoms with E-state index in [1.165, 1.54) is 20.1 Å². The van der Waals surface area contributed by atoms with Crippen LogP contribution in [0.25, 0.3) is 0 Å². The molecule has 108 valence electrons. The summed E-state index contributed by atoms with van der Waals surface area (Å²) in [5.41, 5.74) is 0.352. The Morgan fingerprint density at radius 1 is 1.21 bits per heavy atom. The lowest BCUT2D eigenvalue weighted by atomic mass is 9.80. The fraction of sp³-hybridized carbons (Fsp3) is 0.733. The Morgan fingerprint density at radius 2 is 1.68 bits per heavy atom. The van der Waals surface area contributed by atoms with Gasteiger partial charge in [0, 0.05) is 17.3 Å². The van der Waals surface area contributed by atoms with Crippen LogP contribution in [-0.2, 0) is 4.79 Å². The molecule has 1 rings (SSSR count). The number of hydrogen-bond donors (Lipinski definition) is 2. The van der Waals surface area contributed by atoms with Crippen molar-refractivity contribution in [1.29, 1.82) is 0 Å². The molecule has 0 aromatic carbocycles. The number of nitrogens with zero attached hydrogens (tertiary/aromatic N) is 1. The first kappa shape index (κ1) is 15.9. The Balaban J connectivity index is 2.87. The van der Waals surface area contributed by atoms with E-state index in [0.29, 0.717) is 5.57 Å². The molecule has 0 amide bonds. The third kappa shape index (κ3) is 4.78. The van der Waals surface area contributed by atoms with E-state index < -0.39 is 0 Å². The van der Waals surface area contributed by atoms with Gasteiger partial charge in [-0.1, -0.05) is 0 Å². The van der Waals surface area contributed by atoms with Crippen LogP contribution in [0.2, 0.25) is 0 Å². The predicted molar refractivity (Wildman–Crippen MR) is 78.8 cm³/mol. The minimum absolute atomic E-state index is 0.0259. The van der Waals surface area contributed by atoms with E-state index in [-0.39, 0.29) is 28.7 Å². The SMILES string of the molecule is CC(=O)/C(C=NC1CC(C)(C)NC(C)(C)C1)=C(\C)O. The molecule has 0 radical (unpaired) electrons. The van der Waals surface area contributed by atoms with Crippen LogP contribution in [0.4, 0.5) is 0 Å². The van der Waals surface area contributed by atoms with Crippen LogP contribution in [0.3, 0.4) is 0 Å². The highest BCUT2D eigenvalue weighted by molar-refractivity contribution is 6.12. The second-order valence-corrected chi connectivity index (χ2v) is 6.79. The van der Waals surface area contributed by atoms with Crippen LogP contribution >= 0.6 is 0 Å². The largest absolute Gasteiger partial charge is 0.512 e. The lowest BCUT2D eigenvalue weighted by Crippen LogP contribution is -2.58. The number of carbonyl (C=O) groups is 1. The highest BCUT2D eigenvalue weighted by Gasteiger charge is 2.37. The third-order valence-electron chi connectivity index (χ3n) is 3.35. The highest BCUT2D eigenvalue weighted by atomic mass is 16.3. The summed E-state index contributed by atoms with van der Waals surface area (Å²) in [7, 11) is 0. The van der Waals surface area contributed by atoms with E-state index in [1.807, 2.05) is 0 Å². The molecule has 1 heterocycles. The molecular formula is C15H26N2O2. The molecule has 0 saturated carbocycles. The van der Waals surface area contributed by atoms with E-state index in [2.05, 4.69) is 38.0 Å². The molecule has 1 saturated heterocycles. The average molecular weight is 266 g/mol. The number of hydrogen-bond acceptors (Lipinski definition) is 4. The number of carbonyl (C=O) groups excluding carboxylic acids is 1. The summed E-state index contributed by atoms with van der Waals surface area (Å²) in [5, 5.41) is 13.1. The van der Waals surface area contributed by atoms with Crippen molar-refractivity contribution < 1.29 is 9.90 Å². The van der Waals surface area contributed by atoms with Gasteiger partial charge in [0.2, 0.25) is 0 Å². The highest BCUT2D eigenvalue weighted by Crippen LogP contribution is 2.30. The van der Waals surface area contributed by atoms with Crippen molar-refractivity contribution in [2.24, 2.45) is 4.99 Å². The molecule has 4 heteroatoms. The number of allylic oxidation sites excluding steroid dienone is 2. The van der Waals surface area contributed by atoms with Gasteiger partial charge < -0.3 is 10.4 Å². The maximum Gasteiger partial charge on any atom is 0.164 e. The first-order valence-corrected chi connectivity index (χ1v) is 6.76. The van der Waals surface area contributed by atoms with Crippen molar-refractivity contribution in [2.45, 2.75) is 71.5 Å². The molecule has 0 aromatic rings. The molecule has 1 aliphatic rings. The smallest absolute Gasteiger partial charge is 0.164 e. The molecule has 0 unspecified atom stereocenters. The van der Waals surface area contributed by atoms with E-state index in [9.17, 15) is 9.90 Å². The van der Waals surface area contributed by atoms with Crippen molar-refractivity contribution in [3.63, 3.8) is 0 Å². The van der Waals surface area contributed by atoms with Crippen molar-refractivity contribution in [3.05, 3.63) is 11.3 Å². The first-order chi connectivity index (χ1) is 8.52. The zero-order valence-electron chi connectivity index (χ0n) is 12.9. The van der Waals surface area contributed by atoms with Crippen LogP contribution < -0.4 is 5.32 Å². The van der Waals surface area contributed by atoms with Gasteiger partial charge in [-0.2, -0.15) is 0 Å². The summed E-state index contributed by atoms with van der Waals surface area (Å²) in [6.07, 6.45) is 3.37. The van der Waals surface area contributed by atoms with Gasteiger partial charge in [0.25, 0.3) is 0 Å². The van der Waals surface area contributed by atoms with Gasteiger partial charge >= 0.3 is 0 Å². The maximum absolute atomic E-state index is 11.4. The number of rotatable bonds is 3. The summed E-state index contributed by atoms with van der Waals surface area (Å²) in [6, 6.07) is 0.167. The Hall–Kier alpha value is -1.16. The normalized spacial score (nSPS) is 24.3. The van der Waals surface area contributed by atoms with Gasteiger partial charge in [-0.25, -0.2) is 0 Å². The van der Waals surface area contributed by atoms with Crippen LogP contribution in [0, 0.1) is 0 Å². The minimum atomic E-state index is -0.156. The topological polar surface area (TPSA) is 61.7 Å². The number of piperidine rings is 1. The van der Waals surface area contributed by atoms with Crippen LogP contribution in [0.1, 0.15) is 54.4 Å². The van der Waals surface area contributed by atoms with Gasteiger partial charge in [0.05, 0.1) is 11.6 Å². The van der Waals surface area contributed by atoms with Gasteiger partial charge in [0.1, 0.15) is 5.76 Å². The maximum atomic E-state index is 11.4. The molecule has 0 atom stereocenters. The van der Waals surface area contributed by atoms with Crippen LogP contribution in [0.15, 0.2) is 16.3 Å². The lowest BCUT2D eigenvalue weighted by molar-refractivity contribution is -0.113. The molecule has 0 aliphatic carbocycles. The summed E-state index contributed by atoms with van der Waals surface area (Å²) >= 11 is 0. The van der Waals surface area contributed by atoms with Crippen molar-refractivity contribution in [1.82, 2.24) is 5.32 Å². The standard InChI is InChI=1S/C15H26N2O2/c1-10(18)13(11(2)19)9-16-12-7-14(3,4)17-15(5,6)8-12/h9,12,17-18H,7-8H2,1-6H3/b13-10+,16-9?. The van der Waals surface area contributed by atoms with Gasteiger partial charge in [-0.15, -0.1) is 0 Å². The second-order valence-electron chi connectivity index (χ2n) is 6.79. The monoisotopic (exact) mass is 266 g/mol. The second kappa shape index (κ2) is 5.45. The summed E-state index contributed by atoms with van der Waals surface area (Å²) in [5.74, 6) is -0.125. The molecule has 2 N–H and O–H groups in total. The van der Waals surface area contributed by atoms with Gasteiger partial charge in [-0.3, -0.25) is 9.79 Å². The fourth-order valence-electron chi connectivity index (χ4n) is 2.99. The van der Waals surface area contributed by atoms with Crippen LogP contribution in [-0.4, -0.2) is 34.2 Å². The number of aliphatic imine (C=N–C) groups is 1. The summed E-state index contributed by atoms with van der Waals surface area (Å²) in [4.78, 5) is 15.9. The Labute approximate surface area is 116 Å². The van der Waals surface area contributed by atoms with E-state index >= 15 is 0 Å². The quantitative estimate of drug-likeness (QED) is 0.469. The van der Waals surface area contributed by atoms with E-state index in [4.69, 9.17) is 0 Å². The number of Topliss-reactive ketones (excluding diaryl/α,β-unsaturated/α-hetero) is 1. The molecule has 0 spiro atoms. The van der Waals surface area contributed by atoms with Crippen molar-refractivity contribution in [3.8, 4) is 0 Å². The number of aliphatic hydroxyl groups is 1. The molecular weight excluding hydrogens is 240 g/mol. The first-order valence-electron chi connectivity index (χ1n) is 6.76. The zero-order valence-corrected chi connectivity index (χ0v) is 12.9. The molecule has 0 aromatic heterocycles. The molecule has 19 heavy (non-hydrogen) atoms.